The minimum absolute atomic E-state index is 0.114. The first-order valence-electron chi connectivity index (χ1n) is 7.24. The van der Waals surface area contributed by atoms with E-state index in [2.05, 4.69) is 44.9 Å². The molecular weight excluding hydrogens is 262 g/mol. The first-order chi connectivity index (χ1) is 9.75. The average Bonchev–Trinajstić information content (AvgIpc) is 2.41. The number of amides is 1. The third-order valence-corrected chi connectivity index (χ3v) is 3.77. The summed E-state index contributed by atoms with van der Waals surface area (Å²) in [6, 6.07) is 5.56. The second kappa shape index (κ2) is 7.28. The minimum atomic E-state index is -0.212. The van der Waals surface area contributed by atoms with Crippen LogP contribution in [-0.4, -0.2) is 24.2 Å². The van der Waals surface area contributed by atoms with Crippen molar-refractivity contribution in [2.75, 3.05) is 13.2 Å². The maximum atomic E-state index is 12.4. The molecule has 0 heterocycles. The lowest BCUT2D eigenvalue weighted by Gasteiger charge is -2.27. The van der Waals surface area contributed by atoms with E-state index in [9.17, 15) is 4.79 Å². The fraction of sp³-hybridized carbons (Fsp3) is 0.500. The number of nitrogens with one attached hydrogen (secondary N) is 1. The van der Waals surface area contributed by atoms with Gasteiger partial charge in [-0.05, 0) is 30.4 Å². The zero-order valence-electron chi connectivity index (χ0n) is 13.6. The monoisotopic (exact) mass is 287 g/mol. The summed E-state index contributed by atoms with van der Waals surface area (Å²) in [5, 5.41) is 11.8. The van der Waals surface area contributed by atoms with Gasteiger partial charge in [0, 0.05) is 12.1 Å². The second-order valence-corrected chi connectivity index (χ2v) is 6.49. The van der Waals surface area contributed by atoms with Crippen molar-refractivity contribution in [3.63, 3.8) is 0 Å². The van der Waals surface area contributed by atoms with Crippen molar-refractivity contribution < 1.29 is 9.90 Å². The fourth-order valence-electron chi connectivity index (χ4n) is 1.74. The molecule has 0 fully saturated rings. The van der Waals surface area contributed by atoms with Crippen LogP contribution in [0.1, 0.15) is 49.2 Å². The van der Waals surface area contributed by atoms with Gasteiger partial charge in [0.1, 0.15) is 6.61 Å². The number of aliphatic hydroxyl groups excluding tert-OH is 1. The first kappa shape index (κ1) is 17.3. The van der Waals surface area contributed by atoms with Crippen LogP contribution in [0.4, 0.5) is 0 Å². The fourth-order valence-corrected chi connectivity index (χ4v) is 1.74. The van der Waals surface area contributed by atoms with E-state index in [4.69, 9.17) is 5.11 Å². The normalized spacial score (nSPS) is 12.3. The Morgan fingerprint density at radius 2 is 2.05 bits per heavy atom. The average molecular weight is 287 g/mol. The highest BCUT2D eigenvalue weighted by Gasteiger charge is 2.21. The Bertz CT molecular complexity index is 559. The maximum Gasteiger partial charge on any atom is 0.252 e. The van der Waals surface area contributed by atoms with E-state index >= 15 is 0 Å². The van der Waals surface area contributed by atoms with E-state index in [1.807, 2.05) is 25.1 Å². The highest BCUT2D eigenvalue weighted by Crippen LogP contribution is 2.24. The van der Waals surface area contributed by atoms with Crippen LogP contribution in [0.25, 0.3) is 0 Å². The summed E-state index contributed by atoms with van der Waals surface area (Å²) in [4.78, 5) is 12.4. The van der Waals surface area contributed by atoms with Crippen LogP contribution in [0.5, 0.6) is 0 Å². The molecule has 1 aromatic rings. The number of hydrogen-bond donors (Lipinski definition) is 2. The Hall–Kier alpha value is -1.79. The molecule has 1 amide bonds. The standard InChI is InChI=1S/C18H25NO2/c1-13-8-9-15(7-6-10-20)16(11-13)17(21)19-12-14(2)18(3,4)5/h8-9,11,14,20H,10,12H2,1-5H3,(H,19,21). The van der Waals surface area contributed by atoms with E-state index in [0.29, 0.717) is 23.6 Å². The van der Waals surface area contributed by atoms with Gasteiger partial charge < -0.3 is 10.4 Å². The number of rotatable bonds is 3. The summed E-state index contributed by atoms with van der Waals surface area (Å²) >= 11 is 0. The Labute approximate surface area is 127 Å². The number of hydrogen-bond acceptors (Lipinski definition) is 2. The molecular formula is C18H25NO2. The third kappa shape index (κ3) is 5.24. The van der Waals surface area contributed by atoms with Crippen molar-refractivity contribution in [3.8, 4) is 11.8 Å². The lowest BCUT2D eigenvalue weighted by molar-refractivity contribution is 0.0936. The molecule has 0 bridgehead atoms. The van der Waals surface area contributed by atoms with Crippen molar-refractivity contribution in [2.45, 2.75) is 34.6 Å². The minimum Gasteiger partial charge on any atom is -0.384 e. The van der Waals surface area contributed by atoms with Crippen molar-refractivity contribution in [1.82, 2.24) is 5.32 Å². The van der Waals surface area contributed by atoms with Crippen molar-refractivity contribution in [1.29, 1.82) is 0 Å². The molecule has 1 atom stereocenters. The molecule has 0 saturated carbocycles. The van der Waals surface area contributed by atoms with Crippen LogP contribution in [0.15, 0.2) is 18.2 Å². The highest BCUT2D eigenvalue weighted by atomic mass is 16.2. The molecule has 3 heteroatoms. The summed E-state index contributed by atoms with van der Waals surface area (Å²) in [7, 11) is 0. The van der Waals surface area contributed by atoms with Gasteiger partial charge in [-0.3, -0.25) is 4.79 Å². The molecule has 0 aromatic heterocycles. The lowest BCUT2D eigenvalue weighted by Crippen LogP contribution is -2.34. The third-order valence-electron chi connectivity index (χ3n) is 3.77. The Morgan fingerprint density at radius 3 is 2.62 bits per heavy atom. The predicted octanol–water partition coefficient (Wildman–Crippen LogP) is 2.75. The van der Waals surface area contributed by atoms with Gasteiger partial charge in [-0.25, -0.2) is 0 Å². The van der Waals surface area contributed by atoms with Gasteiger partial charge in [-0.15, -0.1) is 0 Å². The van der Waals surface area contributed by atoms with Crippen LogP contribution in [0, 0.1) is 30.1 Å². The topological polar surface area (TPSA) is 49.3 Å². The van der Waals surface area contributed by atoms with Crippen molar-refractivity contribution in [2.24, 2.45) is 11.3 Å². The van der Waals surface area contributed by atoms with E-state index in [-0.39, 0.29) is 17.9 Å². The van der Waals surface area contributed by atoms with Crippen molar-refractivity contribution >= 4 is 5.91 Å². The smallest absolute Gasteiger partial charge is 0.252 e. The van der Waals surface area contributed by atoms with Crippen LogP contribution < -0.4 is 5.32 Å². The molecule has 114 valence electrons. The SMILES string of the molecule is Cc1ccc(C#CCO)c(C(=O)NCC(C)C(C)(C)C)c1. The largest absolute Gasteiger partial charge is 0.384 e. The van der Waals surface area contributed by atoms with E-state index in [0.717, 1.165) is 5.56 Å². The zero-order chi connectivity index (χ0) is 16.0. The Balaban J connectivity index is 2.89. The molecule has 3 nitrogen and oxygen atoms in total. The summed E-state index contributed by atoms with van der Waals surface area (Å²) in [5.41, 5.74) is 2.38. The molecule has 0 aliphatic heterocycles. The number of carbonyl (C=O) groups excluding carboxylic acids is 1. The number of carbonyl (C=O) groups is 1. The summed E-state index contributed by atoms with van der Waals surface area (Å²) < 4.78 is 0. The molecule has 2 N–H and O–H groups in total. The highest BCUT2D eigenvalue weighted by molar-refractivity contribution is 5.96. The number of aryl methyl sites for hydroxylation is 1. The Morgan fingerprint density at radius 1 is 1.38 bits per heavy atom. The Kier molecular flexibility index (Phi) is 5.99. The van der Waals surface area contributed by atoms with Gasteiger partial charge in [-0.2, -0.15) is 0 Å². The van der Waals surface area contributed by atoms with Gasteiger partial charge in [0.2, 0.25) is 0 Å². The predicted molar refractivity (Wildman–Crippen MR) is 86.1 cm³/mol. The quantitative estimate of drug-likeness (QED) is 0.840. The number of benzene rings is 1. The van der Waals surface area contributed by atoms with Crippen molar-refractivity contribution in [3.05, 3.63) is 34.9 Å². The lowest BCUT2D eigenvalue weighted by atomic mass is 9.82. The molecule has 21 heavy (non-hydrogen) atoms. The van der Waals surface area contributed by atoms with E-state index in [1.54, 1.807) is 0 Å². The molecule has 0 aliphatic carbocycles. The summed E-state index contributed by atoms with van der Waals surface area (Å²) in [5.74, 6) is 5.68. The second-order valence-electron chi connectivity index (χ2n) is 6.49. The first-order valence-corrected chi connectivity index (χ1v) is 7.24. The van der Waals surface area contributed by atoms with Crippen LogP contribution in [0.3, 0.4) is 0 Å². The molecule has 0 radical (unpaired) electrons. The number of aliphatic hydroxyl groups is 1. The molecule has 0 aliphatic rings. The molecule has 1 aromatic carbocycles. The molecule has 1 unspecified atom stereocenters. The zero-order valence-corrected chi connectivity index (χ0v) is 13.6. The molecule has 1 rings (SSSR count). The van der Waals surface area contributed by atoms with E-state index in [1.165, 1.54) is 0 Å². The molecule has 0 saturated heterocycles. The van der Waals surface area contributed by atoms with Crippen LogP contribution >= 0.6 is 0 Å². The van der Waals surface area contributed by atoms with Crippen LogP contribution in [0.2, 0.25) is 0 Å². The van der Waals surface area contributed by atoms with Gasteiger partial charge in [-0.1, -0.05) is 51.2 Å². The van der Waals surface area contributed by atoms with Gasteiger partial charge in [0.15, 0.2) is 0 Å². The summed E-state index contributed by atoms with van der Waals surface area (Å²) in [6.07, 6.45) is 0. The van der Waals surface area contributed by atoms with E-state index < -0.39 is 0 Å². The van der Waals surface area contributed by atoms with Crippen LogP contribution in [-0.2, 0) is 0 Å². The maximum absolute atomic E-state index is 12.4. The molecule has 0 spiro atoms. The van der Waals surface area contributed by atoms with Gasteiger partial charge >= 0.3 is 0 Å². The van der Waals surface area contributed by atoms with Gasteiger partial charge in [0.25, 0.3) is 5.91 Å². The summed E-state index contributed by atoms with van der Waals surface area (Å²) in [6.45, 7) is 11.0. The van der Waals surface area contributed by atoms with Gasteiger partial charge in [0.05, 0.1) is 5.56 Å².